The lowest BCUT2D eigenvalue weighted by Gasteiger charge is -2.32. The Labute approximate surface area is 390 Å². The van der Waals surface area contributed by atoms with Crippen molar-refractivity contribution >= 4 is 65.2 Å². The van der Waals surface area contributed by atoms with Crippen LogP contribution in [0.2, 0.25) is 0 Å². The van der Waals surface area contributed by atoms with E-state index < -0.39 is 146 Å². The van der Waals surface area contributed by atoms with E-state index in [-0.39, 0.29) is 70.7 Å². The van der Waals surface area contributed by atoms with Crippen molar-refractivity contribution in [1.29, 1.82) is 0 Å². The molecule has 68 heavy (non-hydrogen) atoms. The van der Waals surface area contributed by atoms with E-state index in [0.717, 1.165) is 16.7 Å². The lowest BCUT2D eigenvalue weighted by Crippen LogP contribution is -2.62. The van der Waals surface area contributed by atoms with Crippen molar-refractivity contribution in [2.75, 3.05) is 46.0 Å². The zero-order chi connectivity index (χ0) is 51.2. The molecule has 2 saturated heterocycles. The van der Waals surface area contributed by atoms with Crippen molar-refractivity contribution in [1.82, 2.24) is 41.7 Å². The molecule has 0 radical (unpaired) electrons. The number of aliphatic hydroxyl groups excluding tert-OH is 4. The number of carbonyl (C=O) groups excluding carboxylic acids is 8. The second-order valence-electron chi connectivity index (χ2n) is 16.2. The van der Waals surface area contributed by atoms with Crippen LogP contribution in [0.25, 0.3) is 0 Å². The molecule has 29 heteroatoms. The molecule has 0 bridgehead atoms. The number of carboxylic acids is 2. The molecular weight excluding hydrogens is 907 g/mol. The Morgan fingerprint density at radius 2 is 1.13 bits per heavy atom. The van der Waals surface area contributed by atoms with E-state index in [1.54, 1.807) is 0 Å². The highest BCUT2D eigenvalue weighted by atomic mass is 16.4. The maximum absolute atomic E-state index is 14.0. The molecule has 0 aliphatic carbocycles. The Morgan fingerprint density at radius 3 is 1.66 bits per heavy atom. The molecule has 2 aliphatic rings. The summed E-state index contributed by atoms with van der Waals surface area (Å²) in [4.78, 5) is 137. The summed E-state index contributed by atoms with van der Waals surface area (Å²) >= 11 is 0. The van der Waals surface area contributed by atoms with Gasteiger partial charge in [0.05, 0.1) is 32.3 Å². The minimum Gasteiger partial charge on any atom is -0.481 e. The first kappa shape index (κ1) is 57.9. The summed E-state index contributed by atoms with van der Waals surface area (Å²) in [6.07, 6.45) is -1.29. The fraction of sp³-hybridized carbons (Fsp3) is 0.718. The second-order valence-corrected chi connectivity index (χ2v) is 16.2. The average molecular weight is 974 g/mol. The van der Waals surface area contributed by atoms with Crippen LogP contribution in [0.1, 0.15) is 71.1 Å². The molecule has 20 N–H and O–H groups in total. The molecule has 10 atom stereocenters. The lowest BCUT2D eigenvalue weighted by molar-refractivity contribution is -0.149. The molecule has 0 aromatic rings. The molecule has 2 fully saturated rings. The second kappa shape index (κ2) is 28.8. The monoisotopic (exact) mass is 973 g/mol. The van der Waals surface area contributed by atoms with Gasteiger partial charge in [-0.3, -0.25) is 48.1 Å². The van der Waals surface area contributed by atoms with E-state index >= 15 is 0 Å². The molecule has 0 aromatic heterocycles. The van der Waals surface area contributed by atoms with Crippen molar-refractivity contribution in [3.05, 3.63) is 0 Å². The molecule has 384 valence electrons. The number of rotatable bonds is 29. The number of unbranched alkanes of at least 4 members (excludes halogenated alkanes) is 1. The fourth-order valence-electron chi connectivity index (χ4n) is 7.35. The van der Waals surface area contributed by atoms with Gasteiger partial charge >= 0.3 is 11.9 Å². The van der Waals surface area contributed by atoms with Gasteiger partial charge in [0, 0.05) is 19.6 Å². The third kappa shape index (κ3) is 17.8. The number of guanidine groups is 1. The van der Waals surface area contributed by atoms with Gasteiger partial charge in [-0.15, -0.1) is 0 Å². The zero-order valence-electron chi connectivity index (χ0n) is 37.7. The van der Waals surface area contributed by atoms with Gasteiger partial charge in [-0.25, -0.2) is 4.79 Å². The Bertz CT molecular complexity index is 1820. The highest BCUT2D eigenvalue weighted by Gasteiger charge is 2.42. The third-order valence-electron chi connectivity index (χ3n) is 11.0. The van der Waals surface area contributed by atoms with Gasteiger partial charge < -0.3 is 95.3 Å². The summed E-state index contributed by atoms with van der Waals surface area (Å²) in [5.41, 5.74) is 21.8. The average Bonchev–Trinajstić information content (AvgIpc) is 4.00. The number of aliphatic imine (C=N–C) groups is 1. The number of hydrogen-bond donors (Lipinski definition) is 16. The summed E-state index contributed by atoms with van der Waals surface area (Å²) in [6, 6.07) is -13.9. The van der Waals surface area contributed by atoms with Crippen molar-refractivity contribution in [2.45, 2.75) is 132 Å². The van der Waals surface area contributed by atoms with Gasteiger partial charge in [-0.05, 0) is 71.3 Å². The number of aliphatic hydroxyl groups is 4. The van der Waals surface area contributed by atoms with Gasteiger partial charge in [0.25, 0.3) is 0 Å². The van der Waals surface area contributed by atoms with Crippen LogP contribution in [0.4, 0.5) is 0 Å². The summed E-state index contributed by atoms with van der Waals surface area (Å²) in [5, 5.41) is 72.7. The van der Waals surface area contributed by atoms with E-state index in [2.05, 4.69) is 36.9 Å². The Balaban J connectivity index is 2.26. The predicted molar refractivity (Wildman–Crippen MR) is 235 cm³/mol. The largest absolute Gasteiger partial charge is 0.481 e. The first-order valence-electron chi connectivity index (χ1n) is 22.0. The molecule has 0 aromatic carbocycles. The highest BCUT2D eigenvalue weighted by molar-refractivity contribution is 5.99. The van der Waals surface area contributed by atoms with Crippen LogP contribution in [-0.4, -0.2) is 212 Å². The van der Waals surface area contributed by atoms with Gasteiger partial charge in [-0.2, -0.15) is 0 Å². The maximum atomic E-state index is 14.0. The fourth-order valence-corrected chi connectivity index (χ4v) is 7.35. The topological polar surface area (TPSA) is 487 Å². The number of likely N-dealkylation sites (tertiary alicyclic amines) is 2. The highest BCUT2D eigenvalue weighted by Crippen LogP contribution is 2.21. The summed E-state index contributed by atoms with van der Waals surface area (Å²) < 4.78 is 0. The minimum atomic E-state index is -1.87. The van der Waals surface area contributed by atoms with E-state index in [0.29, 0.717) is 19.3 Å². The number of nitrogens with zero attached hydrogens (tertiary/aromatic N) is 3. The van der Waals surface area contributed by atoms with Crippen LogP contribution in [-0.2, 0) is 47.9 Å². The molecule has 8 amide bonds. The molecule has 2 rings (SSSR count). The van der Waals surface area contributed by atoms with Gasteiger partial charge in [-0.1, -0.05) is 0 Å². The number of amides is 8. The molecular formula is C39H67N13O16. The Morgan fingerprint density at radius 1 is 0.632 bits per heavy atom. The summed E-state index contributed by atoms with van der Waals surface area (Å²) in [5.74, 6) is -11.3. The Kier molecular flexibility index (Phi) is 24.5. The van der Waals surface area contributed by atoms with E-state index in [4.69, 9.17) is 28.0 Å². The molecule has 0 spiro atoms. The van der Waals surface area contributed by atoms with Crippen molar-refractivity contribution < 1.29 is 78.6 Å². The number of carboxylic acid groups (broad SMARTS) is 2. The summed E-state index contributed by atoms with van der Waals surface area (Å²) in [7, 11) is 0. The van der Waals surface area contributed by atoms with Crippen LogP contribution >= 0.6 is 0 Å². The zero-order valence-corrected chi connectivity index (χ0v) is 37.7. The number of nitrogens with one attached hydrogen (secondary N) is 6. The Hall–Kier alpha value is -6.27. The van der Waals surface area contributed by atoms with Crippen LogP contribution in [0, 0.1) is 0 Å². The van der Waals surface area contributed by atoms with Crippen molar-refractivity contribution in [2.24, 2.45) is 27.9 Å². The van der Waals surface area contributed by atoms with Crippen LogP contribution in [0.5, 0.6) is 0 Å². The quantitative estimate of drug-likeness (QED) is 0.0188. The molecule has 2 aliphatic heterocycles. The number of aliphatic carboxylic acids is 2. The molecule has 29 nitrogen and oxygen atoms in total. The van der Waals surface area contributed by atoms with Gasteiger partial charge in [0.1, 0.15) is 54.4 Å². The number of carbonyl (C=O) groups is 10. The smallest absolute Gasteiger partial charge is 0.326 e. The summed E-state index contributed by atoms with van der Waals surface area (Å²) in [6.45, 7) is -1.49. The molecule has 0 unspecified atom stereocenters. The lowest BCUT2D eigenvalue weighted by atomic mass is 10.1. The van der Waals surface area contributed by atoms with Crippen LogP contribution in [0.3, 0.4) is 0 Å². The predicted octanol–water partition coefficient (Wildman–Crippen LogP) is -8.70. The molecule has 2 heterocycles. The molecule has 0 saturated carbocycles. The van der Waals surface area contributed by atoms with Crippen molar-refractivity contribution in [3.8, 4) is 0 Å². The van der Waals surface area contributed by atoms with Crippen molar-refractivity contribution in [3.63, 3.8) is 0 Å². The maximum Gasteiger partial charge on any atom is 0.326 e. The van der Waals surface area contributed by atoms with Gasteiger partial charge in [0.15, 0.2) is 5.96 Å². The van der Waals surface area contributed by atoms with E-state index in [1.807, 2.05) is 0 Å². The minimum absolute atomic E-state index is 0.00363. The van der Waals surface area contributed by atoms with Crippen LogP contribution < -0.4 is 54.8 Å². The standard InChI is InChI=1S/C39H67N13O16/c1-19(56)29(50-31(60)21(8-4-12-44-39(42)43)45-33(62)24(17-54)48-30(59)20(41)16-53)37(66)51-13-5-9-26(51)35(64)49-25(18-55)34(63)47-23(15-28(57)58)32(61)46-22(7-2-3-11-40)36(65)52-14-6-10-27(52)38(67)68/h19-27,29,53-56H,2-18,40-41H2,1H3,(H,45,62)(H,46,61)(H,47,63)(H,48,59)(H,49,64)(H,50,60)(H,57,58)(H,67,68)(H4,42,43,44)/t19-,20+,21+,22+,23+,24+,25+,26+,27+,29+/m1/s1. The van der Waals surface area contributed by atoms with E-state index in [1.165, 1.54) is 0 Å². The van der Waals surface area contributed by atoms with E-state index in [9.17, 15) is 73.5 Å². The normalized spacial score (nSPS) is 19.1. The number of hydrogen-bond acceptors (Lipinski definition) is 17. The van der Waals surface area contributed by atoms with Gasteiger partial charge in [0.2, 0.25) is 47.3 Å². The third-order valence-corrected chi connectivity index (χ3v) is 11.0. The first-order valence-corrected chi connectivity index (χ1v) is 22.0. The SMILES string of the molecule is C[C@@H](O)[C@H](NC(=O)[C@H](CCCN=C(N)N)NC(=O)[C@H](CO)NC(=O)[C@@H](N)CO)C(=O)N1CCC[C@H]1C(=O)N[C@@H](CO)C(=O)N[C@@H](CC(=O)O)C(=O)N[C@@H](CCCCN)C(=O)N1CCC[C@H]1C(=O)O. The van der Waals surface area contributed by atoms with Crippen LogP contribution in [0.15, 0.2) is 4.99 Å². The first-order chi connectivity index (χ1) is 32.1. The number of nitrogens with two attached hydrogens (primary N) is 4.